The van der Waals surface area contributed by atoms with Crippen LogP contribution < -0.4 is 15.2 Å². The summed E-state index contributed by atoms with van der Waals surface area (Å²) in [4.78, 5) is 22.7. The molecular formula is C26H32N4O4. The molecule has 180 valence electrons. The van der Waals surface area contributed by atoms with Gasteiger partial charge in [-0.25, -0.2) is 4.98 Å². The van der Waals surface area contributed by atoms with E-state index in [1.807, 2.05) is 49.4 Å². The van der Waals surface area contributed by atoms with Gasteiger partial charge in [0.15, 0.2) is 0 Å². The van der Waals surface area contributed by atoms with Gasteiger partial charge in [0, 0.05) is 57.3 Å². The first-order valence-corrected chi connectivity index (χ1v) is 11.5. The second-order valence-electron chi connectivity index (χ2n) is 8.39. The van der Waals surface area contributed by atoms with Gasteiger partial charge in [0.25, 0.3) is 5.56 Å². The fraction of sp³-hybridized carbons (Fsp3) is 0.385. The van der Waals surface area contributed by atoms with Crippen molar-refractivity contribution in [3.8, 4) is 11.5 Å². The number of methoxy groups -OCH3 is 2. The summed E-state index contributed by atoms with van der Waals surface area (Å²) >= 11 is 0. The number of aromatic nitrogens is 2. The molecule has 8 nitrogen and oxygen atoms in total. The van der Waals surface area contributed by atoms with Crippen molar-refractivity contribution >= 4 is 5.82 Å². The fourth-order valence-corrected chi connectivity index (χ4v) is 4.66. The molecule has 1 N–H and O–H groups in total. The van der Waals surface area contributed by atoms with E-state index in [2.05, 4.69) is 14.8 Å². The maximum absolute atomic E-state index is 13.7. The summed E-state index contributed by atoms with van der Waals surface area (Å²) in [5, 5.41) is 11.0. The van der Waals surface area contributed by atoms with Crippen LogP contribution in [0.5, 0.6) is 11.5 Å². The molecule has 1 aliphatic heterocycles. The highest BCUT2D eigenvalue weighted by Crippen LogP contribution is 2.37. The quantitative estimate of drug-likeness (QED) is 0.549. The first-order valence-electron chi connectivity index (χ1n) is 11.5. The van der Waals surface area contributed by atoms with Crippen molar-refractivity contribution in [1.82, 2.24) is 14.5 Å². The summed E-state index contributed by atoms with van der Waals surface area (Å²) in [6, 6.07) is 14.8. The Hall–Kier alpha value is -3.36. The highest BCUT2D eigenvalue weighted by Gasteiger charge is 2.33. The van der Waals surface area contributed by atoms with Crippen LogP contribution in [0.25, 0.3) is 0 Å². The summed E-state index contributed by atoms with van der Waals surface area (Å²) in [7, 11) is 3.24. The second-order valence-corrected chi connectivity index (χ2v) is 8.39. The predicted molar refractivity (Wildman–Crippen MR) is 132 cm³/mol. The fourth-order valence-electron chi connectivity index (χ4n) is 4.66. The van der Waals surface area contributed by atoms with Gasteiger partial charge in [-0.3, -0.25) is 9.69 Å². The zero-order valence-electron chi connectivity index (χ0n) is 20.0. The topological polar surface area (TPSA) is 80.1 Å². The third-order valence-corrected chi connectivity index (χ3v) is 6.40. The van der Waals surface area contributed by atoms with E-state index in [1.165, 1.54) is 0 Å². The van der Waals surface area contributed by atoms with E-state index in [9.17, 15) is 9.90 Å². The van der Waals surface area contributed by atoms with Crippen molar-refractivity contribution in [2.75, 3.05) is 51.9 Å². The van der Waals surface area contributed by atoms with Crippen molar-refractivity contribution in [3.05, 3.63) is 81.9 Å². The van der Waals surface area contributed by atoms with Gasteiger partial charge in [0.2, 0.25) is 0 Å². The molecule has 1 atom stereocenters. The Morgan fingerprint density at radius 3 is 2.47 bits per heavy atom. The number of anilines is 1. The minimum Gasteiger partial charge on any atom is -0.507 e. The average molecular weight is 465 g/mol. The summed E-state index contributed by atoms with van der Waals surface area (Å²) < 4.78 is 12.6. The zero-order valence-corrected chi connectivity index (χ0v) is 20.0. The number of para-hydroxylation sites is 1. The van der Waals surface area contributed by atoms with E-state index in [1.54, 1.807) is 31.0 Å². The van der Waals surface area contributed by atoms with Gasteiger partial charge in [-0.05, 0) is 31.2 Å². The van der Waals surface area contributed by atoms with E-state index >= 15 is 0 Å². The highest BCUT2D eigenvalue weighted by molar-refractivity contribution is 5.47. The smallest absolute Gasteiger partial charge is 0.259 e. The Bertz CT molecular complexity index is 1160. The minimum absolute atomic E-state index is 0.000714. The zero-order chi connectivity index (χ0) is 24.1. The normalized spacial score (nSPS) is 15.3. The largest absolute Gasteiger partial charge is 0.507 e. The number of hydrogen-bond acceptors (Lipinski definition) is 7. The van der Waals surface area contributed by atoms with Crippen LogP contribution in [0.3, 0.4) is 0 Å². The van der Waals surface area contributed by atoms with Gasteiger partial charge < -0.3 is 24.0 Å². The van der Waals surface area contributed by atoms with E-state index in [-0.39, 0.29) is 11.3 Å². The first kappa shape index (κ1) is 23.8. The lowest BCUT2D eigenvalue weighted by molar-refractivity contribution is 0.183. The molecule has 0 spiro atoms. The Morgan fingerprint density at radius 1 is 1.06 bits per heavy atom. The molecule has 1 saturated heterocycles. The molecule has 8 heteroatoms. The molecule has 0 bridgehead atoms. The lowest BCUT2D eigenvalue weighted by atomic mass is 9.95. The van der Waals surface area contributed by atoms with Gasteiger partial charge in [-0.1, -0.05) is 24.3 Å². The standard InChI is InChI=1S/C26H32N4O4/c1-19-18-21(31)24(26(32)30(19)16-17-33-2)25(20-8-4-5-9-22(20)34-3)29-14-12-28(13-15-29)23-10-6-7-11-27-23/h4-11,18,25,31H,12-17H2,1-3H3. The van der Waals surface area contributed by atoms with Gasteiger partial charge in [-0.2, -0.15) is 0 Å². The molecule has 1 unspecified atom stereocenters. The molecule has 1 aromatic carbocycles. The summed E-state index contributed by atoms with van der Waals surface area (Å²) in [6.07, 6.45) is 1.80. The Balaban J connectivity index is 1.76. The Morgan fingerprint density at radius 2 is 1.79 bits per heavy atom. The predicted octanol–water partition coefficient (Wildman–Crippen LogP) is 2.82. The molecule has 0 amide bonds. The number of rotatable bonds is 8. The van der Waals surface area contributed by atoms with Crippen LogP contribution in [-0.4, -0.2) is 66.6 Å². The Labute approximate surface area is 200 Å². The number of pyridine rings is 2. The number of hydrogen-bond donors (Lipinski definition) is 1. The molecular weight excluding hydrogens is 432 g/mol. The van der Waals surface area contributed by atoms with Crippen LogP contribution in [0.2, 0.25) is 0 Å². The molecule has 3 heterocycles. The first-order chi connectivity index (χ1) is 16.5. The van der Waals surface area contributed by atoms with Crippen molar-refractivity contribution in [3.63, 3.8) is 0 Å². The lowest BCUT2D eigenvalue weighted by Crippen LogP contribution is -2.49. The molecule has 34 heavy (non-hydrogen) atoms. The van der Waals surface area contributed by atoms with E-state index in [0.717, 1.165) is 24.5 Å². The SMILES string of the molecule is COCCn1c(C)cc(O)c(C(c2ccccc2OC)N2CCN(c3ccccn3)CC2)c1=O. The van der Waals surface area contributed by atoms with Crippen LogP contribution in [0, 0.1) is 6.92 Å². The number of aromatic hydroxyl groups is 1. The van der Waals surface area contributed by atoms with Crippen LogP contribution in [0.1, 0.15) is 22.9 Å². The third-order valence-electron chi connectivity index (χ3n) is 6.40. The maximum Gasteiger partial charge on any atom is 0.259 e. The number of nitrogens with zero attached hydrogens (tertiary/aromatic N) is 4. The minimum atomic E-state index is -0.455. The lowest BCUT2D eigenvalue weighted by Gasteiger charge is -2.40. The van der Waals surface area contributed by atoms with Crippen molar-refractivity contribution < 1.29 is 14.6 Å². The summed E-state index contributed by atoms with van der Waals surface area (Å²) in [5.41, 5.74) is 1.70. The maximum atomic E-state index is 13.7. The molecule has 1 aliphatic rings. The number of ether oxygens (including phenoxy) is 2. The van der Waals surface area contributed by atoms with Crippen LogP contribution in [0.15, 0.2) is 59.5 Å². The van der Waals surface area contributed by atoms with Gasteiger partial charge in [0.1, 0.15) is 17.3 Å². The van der Waals surface area contributed by atoms with Crippen molar-refractivity contribution in [2.45, 2.75) is 19.5 Å². The monoisotopic (exact) mass is 464 g/mol. The van der Waals surface area contributed by atoms with Gasteiger partial charge in [-0.15, -0.1) is 0 Å². The van der Waals surface area contributed by atoms with Gasteiger partial charge >= 0.3 is 0 Å². The molecule has 1 fully saturated rings. The van der Waals surface area contributed by atoms with Gasteiger partial charge in [0.05, 0.1) is 25.3 Å². The molecule has 3 aromatic rings. The average Bonchev–Trinajstić information content (AvgIpc) is 2.87. The number of piperazine rings is 1. The van der Waals surface area contributed by atoms with Crippen LogP contribution >= 0.6 is 0 Å². The highest BCUT2D eigenvalue weighted by atomic mass is 16.5. The molecule has 0 radical (unpaired) electrons. The number of aryl methyl sites for hydroxylation is 1. The molecule has 2 aromatic heterocycles. The van der Waals surface area contributed by atoms with Crippen molar-refractivity contribution in [1.29, 1.82) is 0 Å². The summed E-state index contributed by atoms with van der Waals surface area (Å²) in [6.45, 7) is 5.56. The van der Waals surface area contributed by atoms with E-state index < -0.39 is 6.04 Å². The summed E-state index contributed by atoms with van der Waals surface area (Å²) in [5.74, 6) is 1.62. The molecule has 4 rings (SSSR count). The molecule has 0 aliphatic carbocycles. The molecule has 0 saturated carbocycles. The number of benzene rings is 1. The van der Waals surface area contributed by atoms with Crippen LogP contribution in [0.4, 0.5) is 5.82 Å². The third kappa shape index (κ3) is 4.78. The van der Waals surface area contributed by atoms with E-state index in [0.29, 0.717) is 43.2 Å². The van der Waals surface area contributed by atoms with Crippen molar-refractivity contribution in [2.24, 2.45) is 0 Å². The second kappa shape index (κ2) is 10.7. The van der Waals surface area contributed by atoms with Crippen LogP contribution in [-0.2, 0) is 11.3 Å². The Kier molecular flexibility index (Phi) is 7.49. The van der Waals surface area contributed by atoms with E-state index in [4.69, 9.17) is 9.47 Å².